The summed E-state index contributed by atoms with van der Waals surface area (Å²) >= 11 is 3.75. The van der Waals surface area contributed by atoms with Crippen LogP contribution < -0.4 is 0 Å². The molecule has 0 bridgehead atoms. The van der Waals surface area contributed by atoms with Crippen molar-refractivity contribution >= 4 is 24.0 Å². The van der Waals surface area contributed by atoms with Gasteiger partial charge in [-0.2, -0.15) is 0 Å². The molecule has 0 saturated heterocycles. The Balaban J connectivity index is 5.46. The van der Waals surface area contributed by atoms with Gasteiger partial charge >= 0.3 is 0 Å². The predicted octanol–water partition coefficient (Wildman–Crippen LogP) is 6.02. The molecular weight excluding hydrogens is 300 g/mol. The molecule has 0 radical (unpaired) electrons. The van der Waals surface area contributed by atoms with Crippen molar-refractivity contribution in [2.24, 2.45) is 5.41 Å². The third-order valence-corrected chi connectivity index (χ3v) is 12.0. The summed E-state index contributed by atoms with van der Waals surface area (Å²) < 4.78 is 0. The summed E-state index contributed by atoms with van der Waals surface area (Å²) in [7, 11) is -1.56. The second kappa shape index (κ2) is 6.62. The molecule has 0 N–H and O–H groups in total. The van der Waals surface area contributed by atoms with Crippen molar-refractivity contribution in [1.29, 1.82) is 0 Å². The highest BCUT2D eigenvalue weighted by Gasteiger charge is 2.41. The van der Waals surface area contributed by atoms with E-state index in [1.165, 1.54) is 0 Å². The minimum absolute atomic E-state index is 0.206. The highest BCUT2D eigenvalue weighted by atomic mass is 79.9. The molecule has 0 spiro atoms. The summed E-state index contributed by atoms with van der Waals surface area (Å²) in [5.41, 5.74) is 6.12. The first-order chi connectivity index (χ1) is 7.96. The molecule has 0 fully saturated rings. The lowest BCUT2D eigenvalue weighted by atomic mass is 9.93. The van der Waals surface area contributed by atoms with Crippen LogP contribution in [0.2, 0.25) is 16.6 Å². The van der Waals surface area contributed by atoms with Crippen molar-refractivity contribution in [3.05, 3.63) is 0 Å². The summed E-state index contributed by atoms with van der Waals surface area (Å²) in [5.74, 6) is 3.54. The molecule has 0 aliphatic heterocycles. The Morgan fingerprint density at radius 1 is 0.833 bits per heavy atom. The molecule has 0 amide bonds. The molecule has 2 heteroatoms. The zero-order chi connectivity index (χ0) is 14.7. The summed E-state index contributed by atoms with van der Waals surface area (Å²) in [6.07, 6.45) is 0. The van der Waals surface area contributed by atoms with Crippen LogP contribution in [0.15, 0.2) is 0 Å². The summed E-state index contributed by atoms with van der Waals surface area (Å²) in [6.45, 7) is 20.9. The van der Waals surface area contributed by atoms with Gasteiger partial charge in [-0.05, 0) is 22.0 Å². The van der Waals surface area contributed by atoms with E-state index in [1.54, 1.807) is 0 Å². The molecule has 0 aromatic heterocycles. The molecule has 0 heterocycles. The minimum Gasteiger partial charge on any atom is -0.129 e. The molecule has 1 atom stereocenters. The Kier molecular flexibility index (Phi) is 6.71. The molecule has 1 unspecified atom stereocenters. The normalized spacial score (nSPS) is 14.9. The molecular formula is C16H31BrSi. The van der Waals surface area contributed by atoms with E-state index in [4.69, 9.17) is 0 Å². The van der Waals surface area contributed by atoms with E-state index in [0.717, 1.165) is 0 Å². The molecule has 0 aromatic rings. The molecule has 18 heavy (non-hydrogen) atoms. The van der Waals surface area contributed by atoms with Gasteiger partial charge in [0.15, 0.2) is 0 Å². The maximum absolute atomic E-state index is 3.78. The quantitative estimate of drug-likeness (QED) is 0.337. The van der Waals surface area contributed by atoms with Gasteiger partial charge in [-0.15, -0.1) is 5.54 Å². The fraction of sp³-hybridized carbons (Fsp3) is 0.875. The maximum Gasteiger partial charge on any atom is 0.146 e. The summed E-state index contributed by atoms with van der Waals surface area (Å²) in [5, 5.41) is 0. The Morgan fingerprint density at radius 2 is 1.17 bits per heavy atom. The van der Waals surface area contributed by atoms with Gasteiger partial charge in [-0.1, -0.05) is 84.2 Å². The average molecular weight is 331 g/mol. The number of hydrogen-bond acceptors (Lipinski definition) is 0. The Labute approximate surface area is 124 Å². The van der Waals surface area contributed by atoms with E-state index >= 15 is 0 Å². The minimum atomic E-state index is -1.56. The van der Waals surface area contributed by atoms with Gasteiger partial charge in [0.1, 0.15) is 8.07 Å². The van der Waals surface area contributed by atoms with Gasteiger partial charge < -0.3 is 0 Å². The van der Waals surface area contributed by atoms with Crippen LogP contribution in [-0.2, 0) is 0 Å². The molecule has 0 aromatic carbocycles. The van der Waals surface area contributed by atoms with Gasteiger partial charge in [0.25, 0.3) is 0 Å². The average Bonchev–Trinajstić information content (AvgIpc) is 2.14. The lowest BCUT2D eigenvalue weighted by Crippen LogP contribution is -2.43. The van der Waals surface area contributed by atoms with Crippen molar-refractivity contribution < 1.29 is 0 Å². The van der Waals surface area contributed by atoms with Crippen LogP contribution in [0.25, 0.3) is 0 Å². The largest absolute Gasteiger partial charge is 0.146 e. The molecule has 0 aliphatic rings. The van der Waals surface area contributed by atoms with E-state index in [9.17, 15) is 0 Å². The summed E-state index contributed by atoms with van der Waals surface area (Å²) in [4.78, 5) is 0.285. The number of halogens is 1. The van der Waals surface area contributed by atoms with Gasteiger partial charge in [-0.3, -0.25) is 0 Å². The number of hydrogen-bond donors (Lipinski definition) is 0. The number of rotatable bonds is 3. The highest BCUT2D eigenvalue weighted by molar-refractivity contribution is 9.09. The second-order valence-electron chi connectivity index (χ2n) is 7.40. The third-order valence-electron chi connectivity index (χ3n) is 4.04. The van der Waals surface area contributed by atoms with E-state index in [1.807, 2.05) is 0 Å². The third kappa shape index (κ3) is 4.13. The molecule has 106 valence electrons. The Bertz CT molecular complexity index is 290. The van der Waals surface area contributed by atoms with Crippen molar-refractivity contribution in [2.75, 3.05) is 0 Å². The van der Waals surface area contributed by atoms with Crippen molar-refractivity contribution in [3.8, 4) is 11.5 Å². The lowest BCUT2D eigenvalue weighted by molar-refractivity contribution is 0.444. The van der Waals surface area contributed by atoms with Gasteiger partial charge in [-0.25, -0.2) is 0 Å². The first-order valence-corrected chi connectivity index (χ1v) is 10.3. The first kappa shape index (κ1) is 18.3. The monoisotopic (exact) mass is 330 g/mol. The fourth-order valence-corrected chi connectivity index (χ4v) is 8.42. The zero-order valence-electron chi connectivity index (χ0n) is 13.7. The van der Waals surface area contributed by atoms with Crippen LogP contribution in [0.3, 0.4) is 0 Å². The first-order valence-electron chi connectivity index (χ1n) is 7.13. The molecule has 0 saturated carbocycles. The highest BCUT2D eigenvalue weighted by Crippen LogP contribution is 2.41. The standard InChI is InChI=1S/C16H31BrSi/c1-12(2)18(13(3)4,14(5)6)11-10-15(17)16(7,8)9/h12-15H,1-9H3. The zero-order valence-corrected chi connectivity index (χ0v) is 16.3. The second-order valence-corrected chi connectivity index (χ2v) is 13.9. The van der Waals surface area contributed by atoms with Crippen LogP contribution in [0, 0.1) is 16.9 Å². The van der Waals surface area contributed by atoms with Gasteiger partial charge in [0, 0.05) is 0 Å². The summed E-state index contributed by atoms with van der Waals surface area (Å²) in [6, 6.07) is 0. The molecule has 0 rings (SSSR count). The number of alkyl halides is 1. The molecule has 0 nitrogen and oxygen atoms in total. The van der Waals surface area contributed by atoms with Crippen LogP contribution in [-0.4, -0.2) is 12.9 Å². The SMILES string of the molecule is CC(C)[Si](C#CC(Br)C(C)(C)C)(C(C)C)C(C)C. The smallest absolute Gasteiger partial charge is 0.129 e. The van der Waals surface area contributed by atoms with Crippen LogP contribution in [0.1, 0.15) is 62.3 Å². The van der Waals surface area contributed by atoms with Crippen LogP contribution >= 0.6 is 15.9 Å². The van der Waals surface area contributed by atoms with Crippen molar-refractivity contribution in [2.45, 2.75) is 83.8 Å². The topological polar surface area (TPSA) is 0 Å². The Hall–Kier alpha value is 0.257. The maximum atomic E-state index is 3.78. The van der Waals surface area contributed by atoms with Gasteiger partial charge in [0.2, 0.25) is 0 Å². The Morgan fingerprint density at radius 3 is 1.39 bits per heavy atom. The van der Waals surface area contributed by atoms with Crippen molar-refractivity contribution in [1.82, 2.24) is 0 Å². The van der Waals surface area contributed by atoms with Crippen LogP contribution in [0.4, 0.5) is 0 Å². The van der Waals surface area contributed by atoms with E-state index in [-0.39, 0.29) is 10.2 Å². The fourth-order valence-electron chi connectivity index (χ4n) is 2.84. The van der Waals surface area contributed by atoms with Crippen molar-refractivity contribution in [3.63, 3.8) is 0 Å². The van der Waals surface area contributed by atoms with Gasteiger partial charge in [0.05, 0.1) is 4.83 Å². The predicted molar refractivity (Wildman–Crippen MR) is 91.0 cm³/mol. The van der Waals surface area contributed by atoms with E-state index < -0.39 is 8.07 Å². The molecule has 0 aliphatic carbocycles. The lowest BCUT2D eigenvalue weighted by Gasteiger charge is -2.38. The van der Waals surface area contributed by atoms with E-state index in [2.05, 4.69) is 89.7 Å². The van der Waals surface area contributed by atoms with E-state index in [0.29, 0.717) is 16.6 Å². The van der Waals surface area contributed by atoms with Crippen LogP contribution in [0.5, 0.6) is 0 Å².